The average Bonchev–Trinajstić information content (AvgIpc) is 3.02. The van der Waals surface area contributed by atoms with Crippen LogP contribution in [0.2, 0.25) is 5.02 Å². The van der Waals surface area contributed by atoms with Gasteiger partial charge in [0.15, 0.2) is 0 Å². The summed E-state index contributed by atoms with van der Waals surface area (Å²) in [5, 5.41) is 5.68. The van der Waals surface area contributed by atoms with Crippen molar-refractivity contribution in [2.75, 3.05) is 21.9 Å². The van der Waals surface area contributed by atoms with Crippen molar-refractivity contribution in [2.45, 2.75) is 19.9 Å². The smallest absolute Gasteiger partial charge is 0.313 e. The molecule has 1 saturated heterocycles. The third-order valence-corrected chi connectivity index (χ3v) is 6.55. The lowest BCUT2D eigenvalue weighted by Gasteiger charge is -2.19. The van der Waals surface area contributed by atoms with Gasteiger partial charge in [0.1, 0.15) is 0 Å². The van der Waals surface area contributed by atoms with Gasteiger partial charge in [0, 0.05) is 23.8 Å². The first kappa shape index (κ1) is 20.2. The molecule has 7 nitrogen and oxygen atoms in total. The van der Waals surface area contributed by atoms with Crippen LogP contribution in [0.25, 0.3) is 0 Å². The maximum Gasteiger partial charge on any atom is 0.313 e. The topological polar surface area (TPSA) is 95.6 Å². The lowest BCUT2D eigenvalue weighted by Crippen LogP contribution is -2.35. The van der Waals surface area contributed by atoms with E-state index in [-0.39, 0.29) is 12.3 Å². The number of aryl methyl sites for hydroxylation is 1. The monoisotopic (exact) mass is 421 g/mol. The molecule has 0 bridgehead atoms. The van der Waals surface area contributed by atoms with Gasteiger partial charge in [-0.15, -0.1) is 0 Å². The Hall–Kier alpha value is -2.58. The molecule has 2 amide bonds. The Morgan fingerprint density at radius 2 is 1.82 bits per heavy atom. The van der Waals surface area contributed by atoms with Crippen molar-refractivity contribution >= 4 is 44.8 Å². The fourth-order valence-electron chi connectivity index (χ4n) is 2.87. The van der Waals surface area contributed by atoms with E-state index in [0.717, 1.165) is 11.1 Å². The lowest BCUT2D eigenvalue weighted by atomic mass is 10.1. The molecule has 3 rings (SSSR count). The van der Waals surface area contributed by atoms with Crippen molar-refractivity contribution in [1.29, 1.82) is 0 Å². The minimum atomic E-state index is -3.32. The highest BCUT2D eigenvalue weighted by Crippen LogP contribution is 2.28. The molecule has 2 aromatic carbocycles. The number of anilines is 2. The molecular weight excluding hydrogens is 402 g/mol. The summed E-state index contributed by atoms with van der Waals surface area (Å²) in [6.45, 7) is 2.36. The van der Waals surface area contributed by atoms with Crippen LogP contribution >= 0.6 is 11.6 Å². The Morgan fingerprint density at radius 3 is 2.46 bits per heavy atom. The summed E-state index contributed by atoms with van der Waals surface area (Å²) in [5.74, 6) is -1.50. The first-order valence-electron chi connectivity index (χ1n) is 8.71. The van der Waals surface area contributed by atoms with Crippen LogP contribution in [0.15, 0.2) is 42.5 Å². The molecule has 0 aliphatic carbocycles. The number of rotatable bonds is 4. The second kappa shape index (κ2) is 8.20. The number of carbonyl (C=O) groups excluding carboxylic acids is 2. The van der Waals surface area contributed by atoms with Gasteiger partial charge < -0.3 is 10.6 Å². The number of amides is 2. The molecule has 0 aromatic heterocycles. The molecular formula is C19H20ClN3O4S. The van der Waals surface area contributed by atoms with E-state index in [1.807, 2.05) is 0 Å². The van der Waals surface area contributed by atoms with Gasteiger partial charge in [-0.3, -0.25) is 13.9 Å². The van der Waals surface area contributed by atoms with Gasteiger partial charge in [0.25, 0.3) is 0 Å². The largest absolute Gasteiger partial charge is 0.344 e. The highest BCUT2D eigenvalue weighted by Gasteiger charge is 2.28. The highest BCUT2D eigenvalue weighted by atomic mass is 35.5. The Morgan fingerprint density at radius 1 is 1.11 bits per heavy atom. The third kappa shape index (κ3) is 4.63. The summed E-state index contributed by atoms with van der Waals surface area (Å²) >= 11 is 5.81. The zero-order chi connectivity index (χ0) is 20.3. The number of sulfonamides is 1. The molecule has 0 spiro atoms. The first-order valence-corrected chi connectivity index (χ1v) is 10.7. The van der Waals surface area contributed by atoms with E-state index in [9.17, 15) is 18.0 Å². The number of hydrogen-bond acceptors (Lipinski definition) is 4. The van der Waals surface area contributed by atoms with Crippen LogP contribution in [-0.2, 0) is 26.2 Å². The van der Waals surface area contributed by atoms with Crippen LogP contribution in [0.5, 0.6) is 0 Å². The summed E-state index contributed by atoms with van der Waals surface area (Å²) < 4.78 is 25.5. The van der Waals surface area contributed by atoms with Gasteiger partial charge in [-0.2, -0.15) is 0 Å². The normalized spacial score (nSPS) is 15.3. The first-order chi connectivity index (χ1) is 13.3. The van der Waals surface area contributed by atoms with Gasteiger partial charge in [-0.1, -0.05) is 29.8 Å². The molecule has 2 N–H and O–H groups in total. The van der Waals surface area contributed by atoms with E-state index < -0.39 is 21.8 Å². The van der Waals surface area contributed by atoms with E-state index in [1.165, 1.54) is 4.31 Å². The van der Waals surface area contributed by atoms with E-state index >= 15 is 0 Å². The predicted molar refractivity (Wildman–Crippen MR) is 109 cm³/mol. The Bertz CT molecular complexity index is 1010. The molecule has 28 heavy (non-hydrogen) atoms. The van der Waals surface area contributed by atoms with Crippen molar-refractivity contribution in [3.63, 3.8) is 0 Å². The third-order valence-electron chi connectivity index (χ3n) is 4.43. The SMILES string of the molecule is Cc1ccc(N2CCCS2(=O)=O)cc1NC(=O)C(=O)NCc1ccc(Cl)cc1. The van der Waals surface area contributed by atoms with E-state index in [1.54, 1.807) is 49.4 Å². The van der Waals surface area contributed by atoms with Crippen molar-refractivity contribution in [3.8, 4) is 0 Å². The van der Waals surface area contributed by atoms with Crippen LogP contribution in [0.4, 0.5) is 11.4 Å². The quantitative estimate of drug-likeness (QED) is 0.741. The number of nitrogens with zero attached hydrogens (tertiary/aromatic N) is 1. The molecule has 0 saturated carbocycles. The molecule has 0 atom stereocenters. The van der Waals surface area contributed by atoms with Gasteiger partial charge in [0.2, 0.25) is 10.0 Å². The minimum absolute atomic E-state index is 0.107. The number of hydrogen-bond donors (Lipinski definition) is 2. The van der Waals surface area contributed by atoms with Gasteiger partial charge in [-0.25, -0.2) is 8.42 Å². The van der Waals surface area contributed by atoms with Crippen molar-refractivity contribution in [3.05, 3.63) is 58.6 Å². The molecule has 2 aromatic rings. The molecule has 0 unspecified atom stereocenters. The summed E-state index contributed by atoms with van der Waals surface area (Å²) in [5.41, 5.74) is 2.40. The number of nitrogens with one attached hydrogen (secondary N) is 2. The van der Waals surface area contributed by atoms with E-state index in [2.05, 4.69) is 10.6 Å². The summed E-state index contributed by atoms with van der Waals surface area (Å²) in [7, 11) is -3.32. The van der Waals surface area contributed by atoms with Crippen LogP contribution < -0.4 is 14.9 Å². The Balaban J connectivity index is 1.66. The minimum Gasteiger partial charge on any atom is -0.344 e. The summed E-state index contributed by atoms with van der Waals surface area (Å²) in [6.07, 6.45) is 0.561. The molecule has 0 radical (unpaired) electrons. The number of benzene rings is 2. The van der Waals surface area contributed by atoms with E-state index in [4.69, 9.17) is 11.6 Å². The van der Waals surface area contributed by atoms with E-state index in [0.29, 0.717) is 29.4 Å². The molecule has 9 heteroatoms. The molecule has 148 valence electrons. The predicted octanol–water partition coefficient (Wildman–Crippen LogP) is 2.44. The van der Waals surface area contributed by atoms with Gasteiger partial charge in [-0.05, 0) is 48.7 Å². The standard InChI is InChI=1S/C19H20ClN3O4S/c1-13-3-8-16(23-9-2-10-28(23,26)27)11-17(13)22-19(25)18(24)21-12-14-4-6-15(20)7-5-14/h3-8,11H,2,9-10,12H2,1H3,(H,21,24)(H,22,25). The maximum atomic E-state index is 12.2. The molecule has 1 fully saturated rings. The Kier molecular flexibility index (Phi) is 5.90. The van der Waals surface area contributed by atoms with Crippen molar-refractivity contribution in [2.24, 2.45) is 0 Å². The second-order valence-corrected chi connectivity index (χ2v) is 8.95. The van der Waals surface area contributed by atoms with Crippen molar-refractivity contribution in [1.82, 2.24) is 5.32 Å². The van der Waals surface area contributed by atoms with Crippen LogP contribution in [0, 0.1) is 6.92 Å². The highest BCUT2D eigenvalue weighted by molar-refractivity contribution is 7.93. The molecule has 1 aliphatic heterocycles. The zero-order valence-corrected chi connectivity index (χ0v) is 16.8. The van der Waals surface area contributed by atoms with Crippen LogP contribution in [0.3, 0.4) is 0 Å². The van der Waals surface area contributed by atoms with Crippen LogP contribution in [-0.4, -0.2) is 32.5 Å². The zero-order valence-electron chi connectivity index (χ0n) is 15.2. The van der Waals surface area contributed by atoms with Gasteiger partial charge in [0.05, 0.1) is 11.4 Å². The maximum absolute atomic E-state index is 12.2. The van der Waals surface area contributed by atoms with Crippen LogP contribution in [0.1, 0.15) is 17.5 Å². The second-order valence-electron chi connectivity index (χ2n) is 6.50. The average molecular weight is 422 g/mol. The lowest BCUT2D eigenvalue weighted by molar-refractivity contribution is -0.136. The fraction of sp³-hybridized carbons (Fsp3) is 0.263. The summed E-state index contributed by atoms with van der Waals surface area (Å²) in [4.78, 5) is 24.3. The van der Waals surface area contributed by atoms with Gasteiger partial charge >= 0.3 is 11.8 Å². The molecule has 1 aliphatic rings. The Labute approximate surface area is 168 Å². The number of carbonyl (C=O) groups is 2. The fourth-order valence-corrected chi connectivity index (χ4v) is 4.56. The summed E-state index contributed by atoms with van der Waals surface area (Å²) in [6, 6.07) is 11.9. The molecule has 1 heterocycles. The van der Waals surface area contributed by atoms with Crippen molar-refractivity contribution < 1.29 is 18.0 Å². The number of halogens is 1.